The molecular weight excluding hydrogens is 307 g/mol. The molecule has 0 radical (unpaired) electrons. The van der Waals surface area contributed by atoms with E-state index < -0.39 is 0 Å². The van der Waals surface area contributed by atoms with Crippen LogP contribution in [0.1, 0.15) is 30.6 Å². The number of rotatable bonds is 5. The molecule has 0 saturated heterocycles. The van der Waals surface area contributed by atoms with Crippen LogP contribution in [0.25, 0.3) is 5.70 Å². The Balaban J connectivity index is 2.46. The summed E-state index contributed by atoms with van der Waals surface area (Å²) in [5, 5.41) is 0.856. The van der Waals surface area contributed by atoms with Crippen LogP contribution in [0.15, 0.2) is 43.0 Å². The van der Waals surface area contributed by atoms with Crippen LogP contribution >= 0.6 is 23.2 Å². The van der Waals surface area contributed by atoms with E-state index in [1.165, 1.54) is 0 Å². The number of hydrogen-bond donors (Lipinski definition) is 0. The van der Waals surface area contributed by atoms with Crippen molar-refractivity contribution in [2.45, 2.75) is 20.3 Å². The van der Waals surface area contributed by atoms with Crippen molar-refractivity contribution in [1.29, 1.82) is 0 Å². The summed E-state index contributed by atoms with van der Waals surface area (Å²) in [4.78, 5) is 16.8. The average Bonchev–Trinajstić information content (AvgIpc) is 2.97. The van der Waals surface area contributed by atoms with E-state index in [-0.39, 0.29) is 11.7 Å². The first kappa shape index (κ1) is 15.8. The highest BCUT2D eigenvalue weighted by molar-refractivity contribution is 6.39. The monoisotopic (exact) mass is 322 g/mol. The summed E-state index contributed by atoms with van der Waals surface area (Å²) in [6.45, 7) is 4.14. The standard InChI is InChI=1S/C16H16Cl2N2O/c1-3-11(2)8-15(20-7-6-19-10-20)16(21)13-5-4-12(17)9-14(13)18/h4-11H,3H2,1-2H3. The zero-order valence-corrected chi connectivity index (χ0v) is 13.4. The van der Waals surface area contributed by atoms with Gasteiger partial charge in [-0.3, -0.25) is 4.79 Å². The molecule has 0 aliphatic heterocycles. The second-order valence-electron chi connectivity index (χ2n) is 4.86. The molecule has 1 unspecified atom stereocenters. The molecule has 110 valence electrons. The molecule has 0 amide bonds. The Bertz CT molecular complexity index is 663. The number of allylic oxidation sites excluding steroid dienone is 2. The van der Waals surface area contributed by atoms with Gasteiger partial charge in [-0.25, -0.2) is 4.98 Å². The van der Waals surface area contributed by atoms with Gasteiger partial charge in [0.1, 0.15) is 0 Å². The highest BCUT2D eigenvalue weighted by Crippen LogP contribution is 2.25. The number of imidazole rings is 1. The molecule has 1 aromatic heterocycles. The van der Waals surface area contributed by atoms with Gasteiger partial charge in [0.15, 0.2) is 0 Å². The average molecular weight is 323 g/mol. The third-order valence-electron chi connectivity index (χ3n) is 3.28. The van der Waals surface area contributed by atoms with Crippen LogP contribution in [0.3, 0.4) is 0 Å². The number of carbonyl (C=O) groups excluding carboxylic acids is 1. The van der Waals surface area contributed by atoms with Gasteiger partial charge in [-0.05, 0) is 24.1 Å². The molecular formula is C16H16Cl2N2O. The molecule has 0 N–H and O–H groups in total. The van der Waals surface area contributed by atoms with E-state index in [9.17, 15) is 4.79 Å². The van der Waals surface area contributed by atoms with Crippen molar-refractivity contribution in [2.75, 3.05) is 0 Å². The lowest BCUT2D eigenvalue weighted by Gasteiger charge is -2.12. The number of hydrogen-bond acceptors (Lipinski definition) is 2. The Morgan fingerprint density at radius 2 is 2.19 bits per heavy atom. The number of aromatic nitrogens is 2. The highest BCUT2D eigenvalue weighted by atomic mass is 35.5. The third kappa shape index (κ3) is 3.74. The predicted molar refractivity (Wildman–Crippen MR) is 86.7 cm³/mol. The van der Waals surface area contributed by atoms with Crippen LogP contribution in [-0.2, 0) is 0 Å². The van der Waals surface area contributed by atoms with Gasteiger partial charge in [-0.15, -0.1) is 0 Å². The van der Waals surface area contributed by atoms with E-state index in [1.54, 1.807) is 41.5 Å². The van der Waals surface area contributed by atoms with Gasteiger partial charge < -0.3 is 4.57 Å². The first-order chi connectivity index (χ1) is 10.0. The van der Waals surface area contributed by atoms with Crippen molar-refractivity contribution in [1.82, 2.24) is 9.55 Å². The van der Waals surface area contributed by atoms with E-state index in [0.29, 0.717) is 21.3 Å². The molecule has 0 saturated carbocycles. The maximum atomic E-state index is 12.8. The van der Waals surface area contributed by atoms with Crippen LogP contribution in [0.4, 0.5) is 0 Å². The normalized spacial score (nSPS) is 13.2. The number of carbonyl (C=O) groups is 1. The zero-order chi connectivity index (χ0) is 15.4. The second-order valence-corrected chi connectivity index (χ2v) is 5.70. The lowest BCUT2D eigenvalue weighted by atomic mass is 10.0. The van der Waals surface area contributed by atoms with Crippen molar-refractivity contribution in [3.63, 3.8) is 0 Å². The number of nitrogens with zero attached hydrogens (tertiary/aromatic N) is 2. The van der Waals surface area contributed by atoms with E-state index in [0.717, 1.165) is 6.42 Å². The molecule has 5 heteroatoms. The largest absolute Gasteiger partial charge is 0.303 e. The minimum absolute atomic E-state index is 0.144. The minimum atomic E-state index is -0.144. The van der Waals surface area contributed by atoms with Crippen LogP contribution < -0.4 is 0 Å². The van der Waals surface area contributed by atoms with Gasteiger partial charge in [0.25, 0.3) is 0 Å². The summed E-state index contributed by atoms with van der Waals surface area (Å²) in [7, 11) is 0. The summed E-state index contributed by atoms with van der Waals surface area (Å²) in [5.41, 5.74) is 0.982. The SMILES string of the molecule is CCC(C)C=C(C(=O)c1ccc(Cl)cc1Cl)n1ccnc1. The molecule has 0 bridgehead atoms. The van der Waals surface area contributed by atoms with Crippen molar-refractivity contribution in [3.05, 3.63) is 58.6 Å². The Morgan fingerprint density at radius 3 is 2.76 bits per heavy atom. The second kappa shape index (κ2) is 6.92. The van der Waals surface area contributed by atoms with Gasteiger partial charge in [-0.2, -0.15) is 0 Å². The molecule has 0 aliphatic rings. The third-order valence-corrected chi connectivity index (χ3v) is 3.83. The number of Topliss-reactive ketones (excluding diaryl/α,β-unsaturated/α-hetero) is 1. The van der Waals surface area contributed by atoms with Gasteiger partial charge in [-0.1, -0.05) is 49.5 Å². The lowest BCUT2D eigenvalue weighted by Crippen LogP contribution is -2.10. The summed E-state index contributed by atoms with van der Waals surface area (Å²) in [6, 6.07) is 4.88. The lowest BCUT2D eigenvalue weighted by molar-refractivity contribution is 0.105. The molecule has 1 aromatic carbocycles. The Labute approximate surface area is 134 Å². The summed E-state index contributed by atoms with van der Waals surface area (Å²) in [6.07, 6.45) is 7.88. The topological polar surface area (TPSA) is 34.9 Å². The van der Waals surface area contributed by atoms with E-state index in [4.69, 9.17) is 23.2 Å². The van der Waals surface area contributed by atoms with Crippen LogP contribution in [0, 0.1) is 5.92 Å². The van der Waals surface area contributed by atoms with Crippen LogP contribution in [-0.4, -0.2) is 15.3 Å². The first-order valence-corrected chi connectivity index (χ1v) is 7.48. The van der Waals surface area contributed by atoms with Crippen molar-refractivity contribution >= 4 is 34.7 Å². The van der Waals surface area contributed by atoms with Gasteiger partial charge in [0, 0.05) is 23.0 Å². The van der Waals surface area contributed by atoms with Crippen molar-refractivity contribution in [2.24, 2.45) is 5.92 Å². The molecule has 2 aromatic rings. The predicted octanol–water partition coefficient (Wildman–Crippen LogP) is 4.96. The first-order valence-electron chi connectivity index (χ1n) is 6.72. The molecule has 0 spiro atoms. The highest BCUT2D eigenvalue weighted by Gasteiger charge is 2.18. The van der Waals surface area contributed by atoms with Gasteiger partial charge in [0.2, 0.25) is 5.78 Å². The number of benzene rings is 1. The maximum absolute atomic E-state index is 12.8. The maximum Gasteiger partial charge on any atom is 0.210 e. The van der Waals surface area contributed by atoms with Crippen LogP contribution in [0.5, 0.6) is 0 Å². The molecule has 0 aliphatic carbocycles. The van der Waals surface area contributed by atoms with Crippen molar-refractivity contribution < 1.29 is 4.79 Å². The fraction of sp³-hybridized carbons (Fsp3) is 0.250. The van der Waals surface area contributed by atoms with Crippen LogP contribution in [0.2, 0.25) is 10.0 Å². The van der Waals surface area contributed by atoms with Gasteiger partial charge in [0.05, 0.1) is 17.0 Å². The number of ketones is 1. The summed E-state index contributed by atoms with van der Waals surface area (Å²) < 4.78 is 1.71. The molecule has 0 fully saturated rings. The quantitative estimate of drug-likeness (QED) is 0.576. The van der Waals surface area contributed by atoms with E-state index in [1.807, 2.05) is 6.08 Å². The molecule has 21 heavy (non-hydrogen) atoms. The Hall–Kier alpha value is -1.58. The Morgan fingerprint density at radius 1 is 1.43 bits per heavy atom. The summed E-state index contributed by atoms with van der Waals surface area (Å²) in [5.74, 6) is 0.132. The Kier molecular flexibility index (Phi) is 5.21. The minimum Gasteiger partial charge on any atom is -0.303 e. The molecule has 1 heterocycles. The molecule has 3 nitrogen and oxygen atoms in total. The van der Waals surface area contributed by atoms with Crippen molar-refractivity contribution in [3.8, 4) is 0 Å². The van der Waals surface area contributed by atoms with Gasteiger partial charge >= 0.3 is 0 Å². The zero-order valence-electron chi connectivity index (χ0n) is 11.9. The van der Waals surface area contributed by atoms with E-state index >= 15 is 0 Å². The fourth-order valence-corrected chi connectivity index (χ4v) is 2.37. The smallest absolute Gasteiger partial charge is 0.210 e. The fourth-order valence-electron chi connectivity index (χ4n) is 1.88. The number of halogens is 2. The molecule has 1 atom stereocenters. The van der Waals surface area contributed by atoms with E-state index in [2.05, 4.69) is 18.8 Å². The summed E-state index contributed by atoms with van der Waals surface area (Å²) >= 11 is 12.0. The molecule has 2 rings (SSSR count).